The minimum absolute atomic E-state index is 0.0506. The second-order valence-corrected chi connectivity index (χ2v) is 6.33. The molecular weight excluding hydrogens is 276 g/mol. The lowest BCUT2D eigenvalue weighted by Gasteiger charge is -2.29. The van der Waals surface area contributed by atoms with E-state index in [9.17, 15) is 4.79 Å². The minimum Gasteiger partial charge on any atom is -0.496 e. The molecule has 1 saturated carbocycles. The van der Waals surface area contributed by atoms with Gasteiger partial charge in [0.2, 0.25) is 0 Å². The average molecular weight is 304 g/mol. The quantitative estimate of drug-likeness (QED) is 0.875. The molecular formula is C18H28N2O2. The first-order chi connectivity index (χ1) is 10.6. The van der Waals surface area contributed by atoms with E-state index in [1.807, 2.05) is 12.1 Å². The lowest BCUT2D eigenvalue weighted by Crippen LogP contribution is -2.46. The van der Waals surface area contributed by atoms with Crippen molar-refractivity contribution in [2.24, 2.45) is 5.92 Å². The average Bonchev–Trinajstić information content (AvgIpc) is 2.50. The van der Waals surface area contributed by atoms with E-state index < -0.39 is 0 Å². The molecule has 0 spiro atoms. The molecule has 0 bridgehead atoms. The molecule has 0 saturated heterocycles. The predicted octanol–water partition coefficient (Wildman–Crippen LogP) is 3.42. The molecule has 0 unspecified atom stereocenters. The Hall–Kier alpha value is -1.71. The molecule has 4 heteroatoms. The normalized spacial score (nSPS) is 21.2. The van der Waals surface area contributed by atoms with Crippen molar-refractivity contribution in [1.29, 1.82) is 0 Å². The van der Waals surface area contributed by atoms with Gasteiger partial charge in [0.15, 0.2) is 0 Å². The van der Waals surface area contributed by atoms with Crippen LogP contribution in [0.25, 0.3) is 0 Å². The topological polar surface area (TPSA) is 50.4 Å². The number of methoxy groups -OCH3 is 1. The first-order valence-electron chi connectivity index (χ1n) is 8.28. The lowest BCUT2D eigenvalue weighted by atomic mass is 9.86. The van der Waals surface area contributed by atoms with Crippen LogP contribution in [0.1, 0.15) is 43.7 Å². The van der Waals surface area contributed by atoms with Gasteiger partial charge >= 0.3 is 6.03 Å². The highest BCUT2D eigenvalue weighted by Gasteiger charge is 2.22. The van der Waals surface area contributed by atoms with E-state index in [0.717, 1.165) is 24.2 Å². The van der Waals surface area contributed by atoms with E-state index in [1.165, 1.54) is 24.8 Å². The first-order valence-corrected chi connectivity index (χ1v) is 8.28. The highest BCUT2D eigenvalue weighted by molar-refractivity contribution is 5.74. The molecule has 0 aliphatic heterocycles. The Labute approximate surface area is 133 Å². The Morgan fingerprint density at radius 2 is 2.09 bits per heavy atom. The Morgan fingerprint density at radius 1 is 1.32 bits per heavy atom. The molecule has 1 aromatic carbocycles. The maximum Gasteiger partial charge on any atom is 0.315 e. The van der Waals surface area contributed by atoms with Crippen LogP contribution < -0.4 is 15.4 Å². The molecule has 4 nitrogen and oxygen atoms in total. The number of carbonyl (C=O) groups excluding carboxylic acids is 1. The van der Waals surface area contributed by atoms with Crippen molar-refractivity contribution >= 4 is 6.03 Å². The SMILES string of the molecule is COc1ccc(C)cc1CCNC(=O)N[C@@H]1CCCC[C@@H]1C. The van der Waals surface area contributed by atoms with Crippen LogP contribution in [0.15, 0.2) is 18.2 Å². The maximum atomic E-state index is 12.0. The van der Waals surface area contributed by atoms with Gasteiger partial charge in [-0.1, -0.05) is 37.5 Å². The summed E-state index contributed by atoms with van der Waals surface area (Å²) in [5.74, 6) is 1.46. The Bertz CT molecular complexity index is 502. The van der Waals surface area contributed by atoms with Gasteiger partial charge in [-0.15, -0.1) is 0 Å². The molecule has 122 valence electrons. The lowest BCUT2D eigenvalue weighted by molar-refractivity contribution is 0.222. The summed E-state index contributed by atoms with van der Waals surface area (Å²) in [6, 6.07) is 6.40. The highest BCUT2D eigenvalue weighted by atomic mass is 16.5. The summed E-state index contributed by atoms with van der Waals surface area (Å²) in [6.07, 6.45) is 5.59. The molecule has 0 heterocycles. The summed E-state index contributed by atoms with van der Waals surface area (Å²) in [6.45, 7) is 4.90. The fourth-order valence-corrected chi connectivity index (χ4v) is 3.16. The largest absolute Gasteiger partial charge is 0.496 e. The van der Waals surface area contributed by atoms with Crippen LogP contribution in [0.4, 0.5) is 4.79 Å². The molecule has 1 aliphatic carbocycles. The van der Waals surface area contributed by atoms with Crippen molar-refractivity contribution in [2.45, 2.75) is 52.0 Å². The third-order valence-corrected chi connectivity index (χ3v) is 4.54. The Morgan fingerprint density at radius 3 is 2.82 bits per heavy atom. The van der Waals surface area contributed by atoms with Gasteiger partial charge in [0.1, 0.15) is 5.75 Å². The number of carbonyl (C=O) groups is 1. The molecule has 0 radical (unpaired) electrons. The van der Waals surface area contributed by atoms with Gasteiger partial charge in [0, 0.05) is 12.6 Å². The second kappa shape index (κ2) is 8.06. The van der Waals surface area contributed by atoms with Gasteiger partial charge in [0.25, 0.3) is 0 Å². The van der Waals surface area contributed by atoms with Crippen molar-refractivity contribution in [3.05, 3.63) is 29.3 Å². The first kappa shape index (κ1) is 16.7. The number of amides is 2. The molecule has 0 aromatic heterocycles. The molecule has 2 N–H and O–H groups in total. The number of ether oxygens (including phenoxy) is 1. The van der Waals surface area contributed by atoms with E-state index in [2.05, 4.69) is 30.5 Å². The van der Waals surface area contributed by atoms with Crippen molar-refractivity contribution in [3.8, 4) is 5.75 Å². The van der Waals surface area contributed by atoms with Crippen molar-refractivity contribution in [3.63, 3.8) is 0 Å². The van der Waals surface area contributed by atoms with Crippen LogP contribution in [0.2, 0.25) is 0 Å². The van der Waals surface area contributed by atoms with Gasteiger partial charge in [0.05, 0.1) is 7.11 Å². The van der Waals surface area contributed by atoms with Crippen LogP contribution in [-0.2, 0) is 6.42 Å². The van der Waals surface area contributed by atoms with Gasteiger partial charge in [-0.05, 0) is 43.7 Å². The summed E-state index contributed by atoms with van der Waals surface area (Å²) in [4.78, 5) is 12.0. The highest BCUT2D eigenvalue weighted by Crippen LogP contribution is 2.23. The number of urea groups is 1. The maximum absolute atomic E-state index is 12.0. The number of rotatable bonds is 5. The summed E-state index contributed by atoms with van der Waals surface area (Å²) >= 11 is 0. The van der Waals surface area contributed by atoms with E-state index >= 15 is 0 Å². The van der Waals surface area contributed by atoms with Gasteiger partial charge in [-0.25, -0.2) is 4.79 Å². The number of hydrogen-bond acceptors (Lipinski definition) is 2. The molecule has 2 amide bonds. The molecule has 1 fully saturated rings. The second-order valence-electron chi connectivity index (χ2n) is 6.33. The van der Waals surface area contributed by atoms with Gasteiger partial charge < -0.3 is 15.4 Å². The van der Waals surface area contributed by atoms with Crippen LogP contribution in [0, 0.1) is 12.8 Å². The van der Waals surface area contributed by atoms with E-state index in [-0.39, 0.29) is 6.03 Å². The number of benzene rings is 1. The zero-order valence-electron chi connectivity index (χ0n) is 13.9. The van der Waals surface area contributed by atoms with Crippen LogP contribution in [0.3, 0.4) is 0 Å². The Kier molecular flexibility index (Phi) is 6.10. The summed E-state index contributed by atoms with van der Waals surface area (Å²) in [5.41, 5.74) is 2.34. The van der Waals surface area contributed by atoms with E-state index in [4.69, 9.17) is 4.74 Å². The van der Waals surface area contributed by atoms with Crippen LogP contribution in [0.5, 0.6) is 5.75 Å². The monoisotopic (exact) mass is 304 g/mol. The zero-order valence-corrected chi connectivity index (χ0v) is 13.9. The van der Waals surface area contributed by atoms with Crippen molar-refractivity contribution in [1.82, 2.24) is 10.6 Å². The molecule has 2 rings (SSSR count). The number of hydrogen-bond donors (Lipinski definition) is 2. The standard InChI is InChI=1S/C18H28N2O2/c1-13-8-9-17(22-3)15(12-13)10-11-19-18(21)20-16-7-5-4-6-14(16)2/h8-9,12,14,16H,4-7,10-11H2,1-3H3,(H2,19,20,21)/t14-,16+/m0/s1. The van der Waals surface area contributed by atoms with E-state index in [1.54, 1.807) is 7.11 Å². The third-order valence-electron chi connectivity index (χ3n) is 4.54. The fraction of sp³-hybridized carbons (Fsp3) is 0.611. The van der Waals surface area contributed by atoms with Crippen molar-refractivity contribution < 1.29 is 9.53 Å². The summed E-state index contributed by atoms with van der Waals surface area (Å²) in [7, 11) is 1.68. The molecule has 2 atom stereocenters. The van der Waals surface area contributed by atoms with Crippen molar-refractivity contribution in [2.75, 3.05) is 13.7 Å². The number of aryl methyl sites for hydroxylation is 1. The fourth-order valence-electron chi connectivity index (χ4n) is 3.16. The molecule has 1 aromatic rings. The van der Waals surface area contributed by atoms with Crippen LogP contribution >= 0.6 is 0 Å². The van der Waals surface area contributed by atoms with Gasteiger partial charge in [-0.3, -0.25) is 0 Å². The minimum atomic E-state index is -0.0506. The van der Waals surface area contributed by atoms with Crippen LogP contribution in [-0.4, -0.2) is 25.7 Å². The zero-order chi connectivity index (χ0) is 15.9. The Balaban J connectivity index is 1.78. The molecule has 1 aliphatic rings. The smallest absolute Gasteiger partial charge is 0.315 e. The van der Waals surface area contributed by atoms with E-state index in [0.29, 0.717) is 18.5 Å². The molecule has 22 heavy (non-hydrogen) atoms. The summed E-state index contributed by atoms with van der Waals surface area (Å²) < 4.78 is 5.37. The third kappa shape index (κ3) is 4.65. The predicted molar refractivity (Wildman–Crippen MR) is 89.4 cm³/mol. The van der Waals surface area contributed by atoms with Gasteiger partial charge in [-0.2, -0.15) is 0 Å². The number of nitrogens with one attached hydrogen (secondary N) is 2. The summed E-state index contributed by atoms with van der Waals surface area (Å²) in [5, 5.41) is 6.08.